The summed E-state index contributed by atoms with van der Waals surface area (Å²) < 4.78 is 0. The van der Waals surface area contributed by atoms with Crippen molar-refractivity contribution in [3.05, 3.63) is 69.7 Å². The number of rotatable bonds is 5. The van der Waals surface area contributed by atoms with Gasteiger partial charge in [0, 0.05) is 18.7 Å². The monoisotopic (exact) mass is 406 g/mol. The van der Waals surface area contributed by atoms with E-state index in [1.54, 1.807) is 0 Å². The summed E-state index contributed by atoms with van der Waals surface area (Å²) in [4.78, 5) is 38.2. The van der Waals surface area contributed by atoms with Crippen molar-refractivity contribution in [3.8, 4) is 0 Å². The highest BCUT2D eigenvalue weighted by Gasteiger charge is 2.45. The largest absolute Gasteiger partial charge is 0.481 e. The first-order chi connectivity index (χ1) is 12.9. The number of nitrogens with one attached hydrogen (secondary N) is 1. The Kier molecular flexibility index (Phi) is 5.68. The molecule has 2 amide bonds. The zero-order valence-electron chi connectivity index (χ0n) is 14.1. The highest BCUT2D eigenvalue weighted by Crippen LogP contribution is 2.24. The zero-order valence-corrected chi connectivity index (χ0v) is 15.6. The molecular weight excluding hydrogens is 391 g/mol. The molecule has 0 spiro atoms. The summed E-state index contributed by atoms with van der Waals surface area (Å²) in [6, 6.07) is 12.4. The number of hydrogen-bond acceptors (Lipinski definition) is 3. The minimum absolute atomic E-state index is 0.0232. The first-order valence-corrected chi connectivity index (χ1v) is 8.94. The third kappa shape index (κ3) is 4.23. The number of nitrogens with zero attached hydrogens (tertiary/aromatic N) is 1. The zero-order chi connectivity index (χ0) is 19.6. The van der Waals surface area contributed by atoms with Crippen LogP contribution in [0, 0.1) is 5.92 Å². The van der Waals surface area contributed by atoms with Gasteiger partial charge in [-0.1, -0.05) is 53.5 Å². The number of carboxylic acid groups (broad SMARTS) is 1. The van der Waals surface area contributed by atoms with Gasteiger partial charge in [0.1, 0.15) is 12.0 Å². The Balaban J connectivity index is 1.77. The number of halogens is 2. The molecule has 2 N–H and O–H groups in total. The van der Waals surface area contributed by atoms with Gasteiger partial charge in [0.15, 0.2) is 0 Å². The van der Waals surface area contributed by atoms with Crippen LogP contribution in [0.3, 0.4) is 0 Å². The standard InChI is InChI=1S/C19H16Cl2N2O4/c20-14-7-6-12(8-15(14)21)17(24)22-16-13(19(26)27)10-23(18(16)25)9-11-4-2-1-3-5-11/h1-8,13,16H,9-10H2,(H,22,24)(H,26,27)/t13-,16-/m0/s1. The maximum absolute atomic E-state index is 12.7. The summed E-state index contributed by atoms with van der Waals surface area (Å²) in [5, 5.41) is 12.5. The van der Waals surface area contributed by atoms with Crippen molar-refractivity contribution in [2.75, 3.05) is 6.54 Å². The highest BCUT2D eigenvalue weighted by atomic mass is 35.5. The van der Waals surface area contributed by atoms with Gasteiger partial charge < -0.3 is 15.3 Å². The number of carboxylic acids is 1. The lowest BCUT2D eigenvalue weighted by Gasteiger charge is -2.17. The fourth-order valence-corrected chi connectivity index (χ4v) is 3.29. The molecular formula is C19H16Cl2N2O4. The predicted molar refractivity (Wildman–Crippen MR) is 101 cm³/mol. The van der Waals surface area contributed by atoms with Crippen LogP contribution in [0.5, 0.6) is 0 Å². The number of likely N-dealkylation sites (tertiary alicyclic amines) is 1. The minimum Gasteiger partial charge on any atom is -0.481 e. The molecule has 2 aromatic carbocycles. The van der Waals surface area contributed by atoms with Crippen LogP contribution < -0.4 is 5.32 Å². The van der Waals surface area contributed by atoms with Gasteiger partial charge in [0.05, 0.1) is 10.0 Å². The van der Waals surface area contributed by atoms with E-state index in [2.05, 4.69) is 5.32 Å². The van der Waals surface area contributed by atoms with Gasteiger partial charge in [-0.2, -0.15) is 0 Å². The van der Waals surface area contributed by atoms with Crippen LogP contribution in [0.25, 0.3) is 0 Å². The van der Waals surface area contributed by atoms with Gasteiger partial charge in [-0.3, -0.25) is 14.4 Å². The third-order valence-electron chi connectivity index (χ3n) is 4.40. The fourth-order valence-electron chi connectivity index (χ4n) is 2.99. The topological polar surface area (TPSA) is 86.7 Å². The molecule has 3 rings (SSSR count). The molecule has 1 saturated heterocycles. The molecule has 0 unspecified atom stereocenters. The van der Waals surface area contributed by atoms with E-state index in [4.69, 9.17) is 23.2 Å². The summed E-state index contributed by atoms with van der Waals surface area (Å²) in [5.74, 6) is -3.19. The van der Waals surface area contributed by atoms with Crippen LogP contribution in [0.15, 0.2) is 48.5 Å². The van der Waals surface area contributed by atoms with Crippen molar-refractivity contribution in [2.24, 2.45) is 5.92 Å². The second-order valence-corrected chi connectivity index (χ2v) is 7.04. The van der Waals surface area contributed by atoms with E-state index in [-0.39, 0.29) is 23.7 Å². The molecule has 0 aromatic heterocycles. The van der Waals surface area contributed by atoms with Gasteiger partial charge >= 0.3 is 5.97 Å². The van der Waals surface area contributed by atoms with Crippen LogP contribution in [0.1, 0.15) is 15.9 Å². The van der Waals surface area contributed by atoms with Gasteiger partial charge in [-0.15, -0.1) is 0 Å². The fraction of sp³-hybridized carbons (Fsp3) is 0.211. The summed E-state index contributed by atoms with van der Waals surface area (Å²) in [6.45, 7) is 0.304. The lowest BCUT2D eigenvalue weighted by Crippen LogP contribution is -2.45. The van der Waals surface area contributed by atoms with Crippen LogP contribution in [0.4, 0.5) is 0 Å². The maximum atomic E-state index is 12.7. The average Bonchev–Trinajstić information content (AvgIpc) is 2.94. The predicted octanol–water partition coefficient (Wildman–Crippen LogP) is 2.83. The SMILES string of the molecule is O=C(N[C@@H]1C(=O)N(Cc2ccccc2)C[C@@H]1C(=O)O)c1ccc(Cl)c(Cl)c1. The minimum atomic E-state index is -1.15. The molecule has 140 valence electrons. The third-order valence-corrected chi connectivity index (χ3v) is 5.14. The number of benzene rings is 2. The first kappa shape index (κ1) is 19.2. The van der Waals surface area contributed by atoms with Crippen molar-refractivity contribution < 1.29 is 19.5 Å². The van der Waals surface area contributed by atoms with Crippen molar-refractivity contribution in [2.45, 2.75) is 12.6 Å². The molecule has 0 saturated carbocycles. The number of hydrogen-bond donors (Lipinski definition) is 2. The lowest BCUT2D eigenvalue weighted by atomic mass is 10.0. The summed E-state index contributed by atoms with van der Waals surface area (Å²) in [5.41, 5.74) is 1.08. The molecule has 6 nitrogen and oxygen atoms in total. The van der Waals surface area contributed by atoms with E-state index < -0.39 is 29.7 Å². The molecule has 2 aromatic rings. The quantitative estimate of drug-likeness (QED) is 0.798. The summed E-state index contributed by atoms with van der Waals surface area (Å²) >= 11 is 11.8. The Bertz CT molecular complexity index is 889. The van der Waals surface area contributed by atoms with E-state index in [0.717, 1.165) is 5.56 Å². The molecule has 0 radical (unpaired) electrons. The highest BCUT2D eigenvalue weighted by molar-refractivity contribution is 6.42. The molecule has 8 heteroatoms. The van der Waals surface area contributed by atoms with Gasteiger partial charge in [0.2, 0.25) is 5.91 Å². The molecule has 1 aliphatic heterocycles. The number of aliphatic carboxylic acids is 1. The van der Waals surface area contributed by atoms with E-state index in [1.165, 1.54) is 23.1 Å². The van der Waals surface area contributed by atoms with Crippen molar-refractivity contribution in [1.29, 1.82) is 0 Å². The Morgan fingerprint density at radius 2 is 1.81 bits per heavy atom. The molecule has 2 atom stereocenters. The van der Waals surface area contributed by atoms with E-state index in [9.17, 15) is 19.5 Å². The van der Waals surface area contributed by atoms with Crippen molar-refractivity contribution in [3.63, 3.8) is 0 Å². The van der Waals surface area contributed by atoms with Gasteiger partial charge in [-0.25, -0.2) is 0 Å². The van der Waals surface area contributed by atoms with E-state index >= 15 is 0 Å². The second-order valence-electron chi connectivity index (χ2n) is 6.23. The van der Waals surface area contributed by atoms with Crippen molar-refractivity contribution >= 4 is 41.0 Å². The smallest absolute Gasteiger partial charge is 0.310 e. The van der Waals surface area contributed by atoms with E-state index in [1.807, 2.05) is 30.3 Å². The van der Waals surface area contributed by atoms with Crippen LogP contribution in [-0.4, -0.2) is 40.4 Å². The first-order valence-electron chi connectivity index (χ1n) is 8.18. The Labute approximate surface area is 165 Å². The lowest BCUT2D eigenvalue weighted by molar-refractivity contribution is -0.142. The maximum Gasteiger partial charge on any atom is 0.310 e. The Morgan fingerprint density at radius 1 is 1.11 bits per heavy atom. The molecule has 0 aliphatic carbocycles. The Hall–Kier alpha value is -2.57. The van der Waals surface area contributed by atoms with Crippen LogP contribution in [0.2, 0.25) is 10.0 Å². The second kappa shape index (κ2) is 7.98. The summed E-state index contributed by atoms with van der Waals surface area (Å²) in [7, 11) is 0. The summed E-state index contributed by atoms with van der Waals surface area (Å²) in [6.07, 6.45) is 0. The Morgan fingerprint density at radius 3 is 2.44 bits per heavy atom. The van der Waals surface area contributed by atoms with Crippen molar-refractivity contribution in [1.82, 2.24) is 10.2 Å². The molecule has 1 heterocycles. The normalized spacial score (nSPS) is 19.2. The number of carbonyl (C=O) groups is 3. The molecule has 1 aliphatic rings. The average molecular weight is 407 g/mol. The molecule has 1 fully saturated rings. The van der Waals surface area contributed by atoms with Gasteiger partial charge in [0.25, 0.3) is 5.91 Å². The van der Waals surface area contributed by atoms with Crippen LogP contribution >= 0.6 is 23.2 Å². The van der Waals surface area contributed by atoms with E-state index in [0.29, 0.717) is 5.02 Å². The molecule has 0 bridgehead atoms. The molecule has 27 heavy (non-hydrogen) atoms. The van der Waals surface area contributed by atoms with Gasteiger partial charge in [-0.05, 0) is 23.8 Å². The number of carbonyl (C=O) groups excluding carboxylic acids is 2. The van der Waals surface area contributed by atoms with Crippen LogP contribution in [-0.2, 0) is 16.1 Å². The number of amides is 2.